The molecule has 0 radical (unpaired) electrons. The lowest BCUT2D eigenvalue weighted by atomic mass is 9.68. The van der Waals surface area contributed by atoms with Gasteiger partial charge in [0.15, 0.2) is 0 Å². The predicted molar refractivity (Wildman–Crippen MR) is 143 cm³/mol. The molecule has 6 rings (SSSR count). The first-order valence-corrected chi connectivity index (χ1v) is 13.7. The number of aliphatic hydroxyl groups excluding tert-OH is 1. The first-order chi connectivity index (χ1) is 18.5. The van der Waals surface area contributed by atoms with Crippen molar-refractivity contribution in [3.05, 3.63) is 65.1 Å². The molecule has 0 bridgehead atoms. The van der Waals surface area contributed by atoms with Gasteiger partial charge in [0.25, 0.3) is 0 Å². The Morgan fingerprint density at radius 2 is 1.95 bits per heavy atom. The molecule has 202 valence electrons. The number of carbonyl (C=O) groups is 1. The summed E-state index contributed by atoms with van der Waals surface area (Å²) in [4.78, 5) is 21.2. The maximum Gasteiger partial charge on any atom is 0.225 e. The van der Waals surface area contributed by atoms with Gasteiger partial charge in [0.1, 0.15) is 11.6 Å². The van der Waals surface area contributed by atoms with E-state index in [0.717, 1.165) is 48.0 Å². The molecule has 1 spiro atoms. The van der Waals surface area contributed by atoms with Crippen LogP contribution >= 0.6 is 0 Å². The van der Waals surface area contributed by atoms with Crippen molar-refractivity contribution < 1.29 is 23.8 Å². The van der Waals surface area contributed by atoms with E-state index in [1.165, 1.54) is 11.6 Å². The second-order valence-corrected chi connectivity index (χ2v) is 11.0. The zero-order valence-corrected chi connectivity index (χ0v) is 21.9. The highest BCUT2D eigenvalue weighted by molar-refractivity contribution is 5.88. The highest BCUT2D eigenvalue weighted by Crippen LogP contribution is 2.49. The molecule has 1 aromatic heterocycles. The molecule has 0 unspecified atom stereocenters. The summed E-state index contributed by atoms with van der Waals surface area (Å²) in [5.41, 5.74) is 3.60. The van der Waals surface area contributed by atoms with E-state index in [2.05, 4.69) is 16.0 Å². The van der Waals surface area contributed by atoms with Gasteiger partial charge in [-0.25, -0.2) is 4.39 Å². The van der Waals surface area contributed by atoms with Crippen LogP contribution in [0.25, 0.3) is 10.9 Å². The molecule has 8 heteroatoms. The summed E-state index contributed by atoms with van der Waals surface area (Å²) in [5.74, 6) is 0.837. The van der Waals surface area contributed by atoms with Crippen molar-refractivity contribution in [2.24, 2.45) is 5.92 Å². The Balaban J connectivity index is 1.37. The Bertz CT molecular complexity index is 1310. The lowest BCUT2D eigenvalue weighted by molar-refractivity contribution is -0.140. The number of likely N-dealkylation sites (tertiary alicyclic amines) is 1. The molecule has 4 heterocycles. The number of ether oxygens (including phenoxy) is 2. The van der Waals surface area contributed by atoms with E-state index in [1.807, 2.05) is 29.2 Å². The first kappa shape index (κ1) is 25.3. The summed E-state index contributed by atoms with van der Waals surface area (Å²) >= 11 is 0. The minimum absolute atomic E-state index is 0.0524. The number of rotatable bonds is 5. The van der Waals surface area contributed by atoms with E-state index in [-0.39, 0.29) is 35.7 Å². The predicted octanol–water partition coefficient (Wildman–Crippen LogP) is 4.15. The summed E-state index contributed by atoms with van der Waals surface area (Å²) < 4.78 is 25.7. The zero-order chi connectivity index (χ0) is 26.3. The fraction of sp³-hybridized carbons (Fsp3) is 0.500. The van der Waals surface area contributed by atoms with Gasteiger partial charge < -0.3 is 24.5 Å². The normalized spacial score (nSPS) is 22.1. The average molecular weight is 522 g/mol. The van der Waals surface area contributed by atoms with E-state index >= 15 is 0 Å². The molecule has 0 aliphatic carbocycles. The molecule has 2 saturated heterocycles. The summed E-state index contributed by atoms with van der Waals surface area (Å²) in [6.07, 6.45) is 3.23. The topological polar surface area (TPSA) is 78.0 Å². The number of carbonyl (C=O) groups excluding carboxylic acids is 1. The molecule has 38 heavy (non-hydrogen) atoms. The minimum Gasteiger partial charge on any atom is -0.497 e. The van der Waals surface area contributed by atoms with Gasteiger partial charge in [-0.05, 0) is 49.4 Å². The van der Waals surface area contributed by atoms with Gasteiger partial charge >= 0.3 is 0 Å². The number of fused-ring (bicyclic) bond motifs is 4. The number of aromatic nitrogens is 1. The SMILES string of the molecule is COc1ccc2c3c([nH]c2c1)[C@H](CO)N(Cc1ccccc1F)CC31CCN(C(=O)C2CCOCC2)CC1. The van der Waals surface area contributed by atoms with Crippen molar-refractivity contribution in [2.75, 3.05) is 46.6 Å². The number of nitrogens with zero attached hydrogens (tertiary/aromatic N) is 2. The van der Waals surface area contributed by atoms with Crippen molar-refractivity contribution >= 4 is 16.8 Å². The number of H-pyrrole nitrogens is 1. The molecule has 3 aliphatic heterocycles. The van der Waals surface area contributed by atoms with Gasteiger partial charge in [-0.2, -0.15) is 0 Å². The third-order valence-electron chi connectivity index (χ3n) is 8.95. The minimum atomic E-state index is -0.282. The molecule has 1 amide bonds. The number of hydrogen-bond donors (Lipinski definition) is 2. The van der Waals surface area contributed by atoms with Crippen LogP contribution in [0.4, 0.5) is 4.39 Å². The largest absolute Gasteiger partial charge is 0.497 e. The number of nitrogens with one attached hydrogen (secondary N) is 1. The van der Waals surface area contributed by atoms with Crippen LogP contribution in [0.3, 0.4) is 0 Å². The lowest BCUT2D eigenvalue weighted by Crippen LogP contribution is -2.55. The van der Waals surface area contributed by atoms with E-state index in [0.29, 0.717) is 45.0 Å². The van der Waals surface area contributed by atoms with Crippen LogP contribution in [0.15, 0.2) is 42.5 Å². The van der Waals surface area contributed by atoms with Crippen molar-refractivity contribution in [3.63, 3.8) is 0 Å². The maximum absolute atomic E-state index is 14.7. The highest BCUT2D eigenvalue weighted by atomic mass is 19.1. The van der Waals surface area contributed by atoms with Gasteiger partial charge in [0.05, 0.1) is 19.8 Å². The number of methoxy groups -OCH3 is 1. The number of aromatic amines is 1. The molecule has 0 saturated carbocycles. The molecule has 2 fully saturated rings. The number of aliphatic hydroxyl groups is 1. The van der Waals surface area contributed by atoms with E-state index in [1.54, 1.807) is 13.2 Å². The fourth-order valence-electron chi connectivity index (χ4n) is 6.89. The molecule has 3 aliphatic rings. The number of amides is 1. The van der Waals surface area contributed by atoms with Gasteiger partial charge in [-0.3, -0.25) is 9.69 Å². The lowest BCUT2D eigenvalue weighted by Gasteiger charge is -2.50. The van der Waals surface area contributed by atoms with E-state index in [9.17, 15) is 14.3 Å². The molecule has 3 aromatic rings. The third kappa shape index (κ3) is 4.38. The number of piperidine rings is 1. The Kier molecular flexibility index (Phi) is 6.88. The quantitative estimate of drug-likeness (QED) is 0.528. The summed E-state index contributed by atoms with van der Waals surface area (Å²) in [7, 11) is 1.66. The van der Waals surface area contributed by atoms with Crippen molar-refractivity contribution in [1.29, 1.82) is 0 Å². The molecule has 2 aromatic carbocycles. The van der Waals surface area contributed by atoms with Crippen molar-refractivity contribution in [1.82, 2.24) is 14.8 Å². The van der Waals surface area contributed by atoms with Crippen LogP contribution in [0.1, 0.15) is 48.5 Å². The van der Waals surface area contributed by atoms with Crippen molar-refractivity contribution in [3.8, 4) is 5.75 Å². The standard InChI is InChI=1S/C30H36FN3O4/c1-37-22-6-7-23-25(16-22)32-28-26(18-35)34(17-21-4-2-3-5-24(21)31)19-30(27(23)28)10-12-33(13-11-30)29(36)20-8-14-38-15-9-20/h2-7,16,20,26,32,35H,8-15,17-19H2,1H3/t26-/m0/s1. The molecular weight excluding hydrogens is 485 g/mol. The van der Waals surface area contributed by atoms with Gasteiger partial charge in [-0.15, -0.1) is 0 Å². The Hall–Kier alpha value is -2.94. The molecule has 7 nitrogen and oxygen atoms in total. The Morgan fingerprint density at radius 3 is 2.66 bits per heavy atom. The summed E-state index contributed by atoms with van der Waals surface area (Å²) in [5, 5.41) is 11.7. The van der Waals surface area contributed by atoms with Crippen LogP contribution in [0.2, 0.25) is 0 Å². The molecular formula is C30H36FN3O4. The zero-order valence-electron chi connectivity index (χ0n) is 21.9. The van der Waals surface area contributed by atoms with Gasteiger partial charge in [0.2, 0.25) is 5.91 Å². The Morgan fingerprint density at radius 1 is 1.18 bits per heavy atom. The maximum atomic E-state index is 14.7. The van der Waals surface area contributed by atoms with Crippen LogP contribution in [0, 0.1) is 11.7 Å². The number of halogens is 1. The number of hydrogen-bond acceptors (Lipinski definition) is 5. The highest BCUT2D eigenvalue weighted by Gasteiger charge is 2.48. The van der Waals surface area contributed by atoms with E-state index in [4.69, 9.17) is 9.47 Å². The second-order valence-electron chi connectivity index (χ2n) is 11.0. The monoisotopic (exact) mass is 521 g/mol. The second kappa shape index (κ2) is 10.3. The first-order valence-electron chi connectivity index (χ1n) is 13.7. The summed E-state index contributed by atoms with van der Waals surface area (Å²) in [6, 6.07) is 12.7. The van der Waals surface area contributed by atoms with Gasteiger partial charge in [0, 0.05) is 79.0 Å². The molecule has 1 atom stereocenters. The Labute approximate surface area is 222 Å². The van der Waals surface area contributed by atoms with Crippen LogP contribution in [0.5, 0.6) is 5.75 Å². The van der Waals surface area contributed by atoms with E-state index < -0.39 is 0 Å². The fourth-order valence-corrected chi connectivity index (χ4v) is 6.89. The van der Waals surface area contributed by atoms with Crippen LogP contribution in [-0.2, 0) is 21.5 Å². The van der Waals surface area contributed by atoms with Gasteiger partial charge in [-0.1, -0.05) is 18.2 Å². The number of benzene rings is 2. The van der Waals surface area contributed by atoms with Crippen molar-refractivity contribution in [2.45, 2.75) is 43.7 Å². The smallest absolute Gasteiger partial charge is 0.225 e. The summed E-state index contributed by atoms with van der Waals surface area (Å²) in [6.45, 7) is 3.72. The third-order valence-corrected chi connectivity index (χ3v) is 8.95. The van der Waals surface area contributed by atoms with Crippen LogP contribution in [-0.4, -0.2) is 72.4 Å². The average Bonchev–Trinajstić information content (AvgIpc) is 3.34. The van der Waals surface area contributed by atoms with Crippen LogP contribution < -0.4 is 4.74 Å². The molecule has 2 N–H and O–H groups in total.